The zero-order chi connectivity index (χ0) is 19.6. The van der Waals surface area contributed by atoms with E-state index >= 15 is 0 Å². The summed E-state index contributed by atoms with van der Waals surface area (Å²) in [5.41, 5.74) is 1.89. The zero-order valence-corrected chi connectivity index (χ0v) is 16.2. The Kier molecular flexibility index (Phi) is 5.82. The second-order valence-electron chi connectivity index (χ2n) is 7.09. The van der Waals surface area contributed by atoms with Crippen molar-refractivity contribution in [2.24, 2.45) is 0 Å². The van der Waals surface area contributed by atoms with E-state index in [9.17, 15) is 9.59 Å². The number of rotatable bonds is 4. The molecule has 1 N–H and O–H groups in total. The number of hydrogen-bond acceptors (Lipinski definition) is 3. The molecule has 1 amide bonds. The van der Waals surface area contributed by atoms with E-state index < -0.39 is 5.97 Å². The maximum Gasteiger partial charge on any atom is 0.335 e. The summed E-state index contributed by atoms with van der Waals surface area (Å²) < 4.78 is 0. The molecule has 27 heavy (non-hydrogen) atoms. The molecule has 0 aliphatic carbocycles. The van der Waals surface area contributed by atoms with Gasteiger partial charge >= 0.3 is 5.97 Å². The van der Waals surface area contributed by atoms with E-state index in [-0.39, 0.29) is 23.6 Å². The lowest BCUT2D eigenvalue weighted by molar-refractivity contribution is 0.0268. The van der Waals surface area contributed by atoms with Gasteiger partial charge in [-0.3, -0.25) is 9.69 Å². The van der Waals surface area contributed by atoms with Gasteiger partial charge in [-0.2, -0.15) is 0 Å². The summed E-state index contributed by atoms with van der Waals surface area (Å²) in [7, 11) is 0. The van der Waals surface area contributed by atoms with Crippen molar-refractivity contribution in [3.05, 3.63) is 70.2 Å². The van der Waals surface area contributed by atoms with Crippen molar-refractivity contribution >= 4 is 23.5 Å². The molecule has 2 aromatic rings. The molecule has 5 nitrogen and oxygen atoms in total. The third-order valence-corrected chi connectivity index (χ3v) is 5.27. The van der Waals surface area contributed by atoms with Gasteiger partial charge in [-0.1, -0.05) is 35.9 Å². The van der Waals surface area contributed by atoms with Gasteiger partial charge in [0.2, 0.25) is 0 Å². The van der Waals surface area contributed by atoms with Crippen LogP contribution >= 0.6 is 11.6 Å². The van der Waals surface area contributed by atoms with E-state index in [1.807, 2.05) is 43.0 Å². The van der Waals surface area contributed by atoms with E-state index in [1.54, 1.807) is 24.3 Å². The predicted octanol–water partition coefficient (Wildman–Crippen LogP) is 3.77. The van der Waals surface area contributed by atoms with Crippen molar-refractivity contribution in [3.63, 3.8) is 0 Å². The van der Waals surface area contributed by atoms with Crippen LogP contribution in [0.5, 0.6) is 0 Å². The van der Waals surface area contributed by atoms with Crippen LogP contribution in [0.15, 0.2) is 48.5 Å². The lowest BCUT2D eigenvalue weighted by atomic mass is 10.0. The van der Waals surface area contributed by atoms with Crippen LogP contribution in [0.2, 0.25) is 5.02 Å². The van der Waals surface area contributed by atoms with Crippen molar-refractivity contribution in [1.82, 2.24) is 9.80 Å². The number of hydrogen-bond donors (Lipinski definition) is 1. The van der Waals surface area contributed by atoms with Gasteiger partial charge in [-0.15, -0.1) is 0 Å². The molecule has 2 aromatic carbocycles. The maximum absolute atomic E-state index is 13.0. The van der Waals surface area contributed by atoms with E-state index in [0.29, 0.717) is 10.6 Å². The number of benzene rings is 2. The van der Waals surface area contributed by atoms with Crippen molar-refractivity contribution < 1.29 is 14.7 Å². The van der Waals surface area contributed by atoms with Gasteiger partial charge in [0.25, 0.3) is 5.91 Å². The van der Waals surface area contributed by atoms with Crippen molar-refractivity contribution in [3.8, 4) is 0 Å². The molecule has 0 radical (unpaired) electrons. The Morgan fingerprint density at radius 1 is 1.04 bits per heavy atom. The molecule has 0 bridgehead atoms. The van der Waals surface area contributed by atoms with Gasteiger partial charge in [0, 0.05) is 31.7 Å². The summed E-state index contributed by atoms with van der Waals surface area (Å²) in [6, 6.07) is 14.2. The Labute approximate surface area is 164 Å². The molecule has 0 aromatic heterocycles. The first-order chi connectivity index (χ1) is 12.9. The molecule has 1 saturated heterocycles. The molecule has 1 fully saturated rings. The summed E-state index contributed by atoms with van der Waals surface area (Å²) in [5.74, 6) is -0.957. The summed E-state index contributed by atoms with van der Waals surface area (Å²) in [5, 5.41) is 9.48. The highest BCUT2D eigenvalue weighted by Gasteiger charge is 2.33. The summed E-state index contributed by atoms with van der Waals surface area (Å²) >= 11 is 6.21. The lowest BCUT2D eigenvalue weighted by Crippen LogP contribution is -2.58. The monoisotopic (exact) mass is 386 g/mol. The minimum absolute atomic E-state index is 0.0361. The highest BCUT2D eigenvalue weighted by Crippen LogP contribution is 2.24. The van der Waals surface area contributed by atoms with Gasteiger partial charge in [0.1, 0.15) is 0 Å². The first-order valence-corrected chi connectivity index (χ1v) is 9.36. The van der Waals surface area contributed by atoms with Crippen LogP contribution in [0, 0.1) is 0 Å². The lowest BCUT2D eigenvalue weighted by Gasteiger charge is -2.44. The maximum atomic E-state index is 13.0. The number of nitrogens with zero attached hydrogens (tertiary/aromatic N) is 2. The SMILES string of the molecule is C[C@@H]1CN(Cc2ccc(C(=O)O)cc2)C[C@H](C)N1C(=O)c1ccccc1Cl. The molecule has 1 heterocycles. The number of carbonyl (C=O) groups excluding carboxylic acids is 1. The number of carboxylic acid groups (broad SMARTS) is 1. The van der Waals surface area contributed by atoms with Gasteiger partial charge in [-0.25, -0.2) is 4.79 Å². The zero-order valence-electron chi connectivity index (χ0n) is 15.4. The Hall–Kier alpha value is -2.37. The summed E-state index contributed by atoms with van der Waals surface area (Å²) in [6.45, 7) is 6.32. The number of carbonyl (C=O) groups is 2. The van der Waals surface area contributed by atoms with Crippen molar-refractivity contribution in [2.45, 2.75) is 32.5 Å². The molecule has 0 saturated carbocycles. The minimum atomic E-state index is -0.921. The molecule has 6 heteroatoms. The highest BCUT2D eigenvalue weighted by molar-refractivity contribution is 6.33. The molecule has 0 unspecified atom stereocenters. The summed E-state index contributed by atoms with van der Waals surface area (Å²) in [4.78, 5) is 28.1. The second kappa shape index (κ2) is 8.11. The second-order valence-corrected chi connectivity index (χ2v) is 7.49. The van der Waals surface area contributed by atoms with Crippen LogP contribution in [-0.4, -0.2) is 52.0 Å². The van der Waals surface area contributed by atoms with Crippen LogP contribution in [0.1, 0.15) is 40.1 Å². The molecule has 3 rings (SSSR count). The average Bonchev–Trinajstić information content (AvgIpc) is 2.62. The van der Waals surface area contributed by atoms with Crippen molar-refractivity contribution in [1.29, 1.82) is 0 Å². The molecule has 0 spiro atoms. The first-order valence-electron chi connectivity index (χ1n) is 8.98. The van der Waals surface area contributed by atoms with Gasteiger partial charge in [-0.05, 0) is 43.7 Å². The Balaban J connectivity index is 1.68. The normalized spacial score (nSPS) is 20.5. The molecular formula is C21H23ClN2O3. The van der Waals surface area contributed by atoms with Crippen LogP contribution in [-0.2, 0) is 6.54 Å². The smallest absolute Gasteiger partial charge is 0.335 e. The number of aromatic carboxylic acids is 1. The molecule has 142 valence electrons. The van der Waals surface area contributed by atoms with Gasteiger partial charge in [0.15, 0.2) is 0 Å². The van der Waals surface area contributed by atoms with Crippen molar-refractivity contribution in [2.75, 3.05) is 13.1 Å². The van der Waals surface area contributed by atoms with E-state index in [4.69, 9.17) is 16.7 Å². The fourth-order valence-corrected chi connectivity index (χ4v) is 3.96. The van der Waals surface area contributed by atoms with Crippen LogP contribution in [0.3, 0.4) is 0 Å². The van der Waals surface area contributed by atoms with E-state index in [2.05, 4.69) is 4.90 Å². The van der Waals surface area contributed by atoms with Crippen LogP contribution in [0.25, 0.3) is 0 Å². The molecule has 1 aliphatic rings. The highest BCUT2D eigenvalue weighted by atomic mass is 35.5. The fraction of sp³-hybridized carbons (Fsp3) is 0.333. The van der Waals surface area contributed by atoms with Gasteiger partial charge in [0.05, 0.1) is 16.1 Å². The Morgan fingerprint density at radius 3 is 2.19 bits per heavy atom. The number of piperazine rings is 1. The van der Waals surface area contributed by atoms with Crippen LogP contribution < -0.4 is 0 Å². The standard InChI is InChI=1S/C21H23ClN2O3/c1-14-11-23(13-16-7-9-17(10-8-16)21(26)27)12-15(2)24(14)20(25)18-5-3-4-6-19(18)22/h3-10,14-15H,11-13H2,1-2H3,(H,26,27)/t14-,15+. The fourth-order valence-electron chi connectivity index (χ4n) is 3.75. The Bertz CT molecular complexity index is 826. The largest absolute Gasteiger partial charge is 0.478 e. The number of amides is 1. The topological polar surface area (TPSA) is 60.9 Å². The van der Waals surface area contributed by atoms with Crippen LogP contribution in [0.4, 0.5) is 0 Å². The Morgan fingerprint density at radius 2 is 1.63 bits per heavy atom. The molecule has 1 aliphatic heterocycles. The predicted molar refractivity (Wildman–Crippen MR) is 105 cm³/mol. The average molecular weight is 387 g/mol. The quantitative estimate of drug-likeness (QED) is 0.868. The first kappa shape index (κ1) is 19.4. The third kappa shape index (κ3) is 4.31. The molecule has 2 atom stereocenters. The summed E-state index contributed by atoms with van der Waals surface area (Å²) in [6.07, 6.45) is 0. The minimum Gasteiger partial charge on any atom is -0.478 e. The van der Waals surface area contributed by atoms with Gasteiger partial charge < -0.3 is 10.0 Å². The third-order valence-electron chi connectivity index (χ3n) is 4.94. The molecular weight excluding hydrogens is 364 g/mol. The number of halogens is 1. The van der Waals surface area contributed by atoms with E-state index in [1.165, 1.54) is 0 Å². The van der Waals surface area contributed by atoms with E-state index in [0.717, 1.165) is 25.2 Å². The number of carboxylic acids is 1.